The second kappa shape index (κ2) is 9.69. The second-order valence-electron chi connectivity index (χ2n) is 7.04. The van der Waals surface area contributed by atoms with Crippen molar-refractivity contribution in [3.63, 3.8) is 0 Å². The third-order valence-electron chi connectivity index (χ3n) is 4.83. The fourth-order valence-corrected chi connectivity index (χ4v) is 2.90. The minimum atomic E-state index is -0.725. The van der Waals surface area contributed by atoms with Crippen molar-refractivity contribution in [2.75, 3.05) is 5.32 Å². The number of para-hydroxylation sites is 1. The van der Waals surface area contributed by atoms with Crippen LogP contribution >= 0.6 is 0 Å². The minimum absolute atomic E-state index is 0.280. The first-order valence-corrected chi connectivity index (χ1v) is 9.75. The Morgan fingerprint density at radius 2 is 1.83 bits per heavy atom. The standard InChI is InChI=1S/C24H25N3O3/c1-16-8-6-12-22(17(16)2)30-18(3)23(28)27-21-11-5-4-10-20(21)24(29)26-15-19-9-7-13-25-14-19/h4-14,18H,15H2,1-3H3,(H,26,29)(H,27,28)/t18-/m0/s1. The molecule has 2 aromatic carbocycles. The summed E-state index contributed by atoms with van der Waals surface area (Å²) in [6.07, 6.45) is 2.65. The number of rotatable bonds is 7. The number of aryl methyl sites for hydroxylation is 1. The van der Waals surface area contributed by atoms with Gasteiger partial charge in [0.2, 0.25) is 0 Å². The second-order valence-corrected chi connectivity index (χ2v) is 7.04. The van der Waals surface area contributed by atoms with Crippen LogP contribution in [0.3, 0.4) is 0 Å². The monoisotopic (exact) mass is 403 g/mol. The van der Waals surface area contributed by atoms with Crippen LogP contribution in [0.4, 0.5) is 5.69 Å². The minimum Gasteiger partial charge on any atom is -0.481 e. The van der Waals surface area contributed by atoms with Gasteiger partial charge in [0.05, 0.1) is 11.3 Å². The Morgan fingerprint density at radius 1 is 1.03 bits per heavy atom. The molecule has 0 fully saturated rings. The van der Waals surface area contributed by atoms with Gasteiger partial charge in [0.1, 0.15) is 5.75 Å². The zero-order valence-corrected chi connectivity index (χ0v) is 17.3. The Labute approximate surface area is 176 Å². The molecule has 1 heterocycles. The molecule has 2 N–H and O–H groups in total. The van der Waals surface area contributed by atoms with E-state index in [0.29, 0.717) is 23.5 Å². The zero-order valence-electron chi connectivity index (χ0n) is 17.3. The highest BCUT2D eigenvalue weighted by Crippen LogP contribution is 2.22. The predicted octanol–water partition coefficient (Wildman–Crippen LogP) is 4.03. The van der Waals surface area contributed by atoms with Crippen molar-refractivity contribution < 1.29 is 14.3 Å². The normalized spacial score (nSPS) is 11.4. The molecule has 30 heavy (non-hydrogen) atoms. The Bertz CT molecular complexity index is 1030. The number of hydrogen-bond acceptors (Lipinski definition) is 4. The largest absolute Gasteiger partial charge is 0.481 e. The lowest BCUT2D eigenvalue weighted by Gasteiger charge is -2.18. The first-order chi connectivity index (χ1) is 14.5. The fourth-order valence-electron chi connectivity index (χ4n) is 2.90. The molecule has 0 radical (unpaired) electrons. The van der Waals surface area contributed by atoms with Gasteiger partial charge in [-0.15, -0.1) is 0 Å². The molecule has 3 rings (SSSR count). The summed E-state index contributed by atoms with van der Waals surface area (Å²) < 4.78 is 5.85. The summed E-state index contributed by atoms with van der Waals surface area (Å²) in [5.41, 5.74) is 3.79. The van der Waals surface area contributed by atoms with E-state index in [2.05, 4.69) is 15.6 Å². The highest BCUT2D eigenvalue weighted by molar-refractivity contribution is 6.04. The summed E-state index contributed by atoms with van der Waals surface area (Å²) in [6.45, 7) is 5.98. The maximum absolute atomic E-state index is 12.7. The molecular formula is C24H25N3O3. The molecule has 3 aromatic rings. The van der Waals surface area contributed by atoms with Crippen LogP contribution in [0.2, 0.25) is 0 Å². The number of ether oxygens (including phenoxy) is 1. The number of carbonyl (C=O) groups is 2. The van der Waals surface area contributed by atoms with Crippen LogP contribution in [0.25, 0.3) is 0 Å². The fraction of sp³-hybridized carbons (Fsp3) is 0.208. The average Bonchev–Trinajstić information content (AvgIpc) is 2.76. The third kappa shape index (κ3) is 5.23. The molecule has 0 saturated carbocycles. The Hall–Kier alpha value is -3.67. The maximum atomic E-state index is 12.7. The van der Waals surface area contributed by atoms with Crippen molar-refractivity contribution in [1.82, 2.24) is 10.3 Å². The molecule has 0 saturated heterocycles. The van der Waals surface area contributed by atoms with Crippen molar-refractivity contribution in [3.8, 4) is 5.75 Å². The van der Waals surface area contributed by atoms with E-state index in [1.807, 2.05) is 44.2 Å². The van der Waals surface area contributed by atoms with Crippen LogP contribution in [0.15, 0.2) is 67.0 Å². The molecule has 0 aliphatic carbocycles. The Morgan fingerprint density at radius 3 is 2.60 bits per heavy atom. The lowest BCUT2D eigenvalue weighted by molar-refractivity contribution is -0.122. The van der Waals surface area contributed by atoms with Crippen molar-refractivity contribution >= 4 is 17.5 Å². The molecule has 2 amide bonds. The number of benzene rings is 2. The van der Waals surface area contributed by atoms with Crippen molar-refractivity contribution in [1.29, 1.82) is 0 Å². The maximum Gasteiger partial charge on any atom is 0.265 e. The van der Waals surface area contributed by atoms with Gasteiger partial charge in [-0.3, -0.25) is 14.6 Å². The van der Waals surface area contributed by atoms with E-state index in [1.165, 1.54) is 0 Å². The summed E-state index contributed by atoms with van der Waals surface area (Å²) >= 11 is 0. The third-order valence-corrected chi connectivity index (χ3v) is 4.83. The summed E-state index contributed by atoms with van der Waals surface area (Å²) in [4.78, 5) is 29.4. The number of nitrogens with zero attached hydrogens (tertiary/aromatic N) is 1. The predicted molar refractivity (Wildman–Crippen MR) is 116 cm³/mol. The molecule has 0 unspecified atom stereocenters. The molecule has 0 spiro atoms. The smallest absolute Gasteiger partial charge is 0.265 e. The molecule has 1 atom stereocenters. The molecule has 0 aliphatic heterocycles. The highest BCUT2D eigenvalue weighted by atomic mass is 16.5. The van der Waals surface area contributed by atoms with Crippen LogP contribution in [0.1, 0.15) is 34.0 Å². The van der Waals surface area contributed by atoms with E-state index in [1.54, 1.807) is 43.6 Å². The topological polar surface area (TPSA) is 80.3 Å². The molecule has 0 aliphatic rings. The summed E-state index contributed by atoms with van der Waals surface area (Å²) in [6, 6.07) is 16.3. The van der Waals surface area contributed by atoms with Gasteiger partial charge in [0, 0.05) is 18.9 Å². The van der Waals surface area contributed by atoms with E-state index >= 15 is 0 Å². The zero-order chi connectivity index (χ0) is 21.5. The van der Waals surface area contributed by atoms with Crippen LogP contribution in [-0.2, 0) is 11.3 Å². The van der Waals surface area contributed by atoms with E-state index in [0.717, 1.165) is 16.7 Å². The summed E-state index contributed by atoms with van der Waals surface area (Å²) in [5, 5.41) is 5.66. The van der Waals surface area contributed by atoms with Crippen LogP contribution in [-0.4, -0.2) is 22.9 Å². The van der Waals surface area contributed by atoms with E-state index in [9.17, 15) is 9.59 Å². The molecule has 1 aromatic heterocycles. The average molecular weight is 403 g/mol. The number of aromatic nitrogens is 1. The lowest BCUT2D eigenvalue weighted by Crippen LogP contribution is -2.32. The van der Waals surface area contributed by atoms with Crippen LogP contribution in [0.5, 0.6) is 5.75 Å². The first-order valence-electron chi connectivity index (χ1n) is 9.75. The highest BCUT2D eigenvalue weighted by Gasteiger charge is 2.19. The Kier molecular flexibility index (Phi) is 6.80. The van der Waals surface area contributed by atoms with Crippen molar-refractivity contribution in [2.24, 2.45) is 0 Å². The number of nitrogens with one attached hydrogen (secondary N) is 2. The summed E-state index contributed by atoms with van der Waals surface area (Å²) in [5.74, 6) is 0.0569. The van der Waals surface area contributed by atoms with Crippen molar-refractivity contribution in [3.05, 3.63) is 89.2 Å². The van der Waals surface area contributed by atoms with Gasteiger partial charge >= 0.3 is 0 Å². The quantitative estimate of drug-likeness (QED) is 0.624. The lowest BCUT2D eigenvalue weighted by atomic mass is 10.1. The molecule has 6 nitrogen and oxygen atoms in total. The molecule has 154 valence electrons. The molecule has 0 bridgehead atoms. The van der Waals surface area contributed by atoms with E-state index in [-0.39, 0.29) is 11.8 Å². The Balaban J connectivity index is 1.66. The van der Waals surface area contributed by atoms with Gasteiger partial charge in [0.25, 0.3) is 11.8 Å². The van der Waals surface area contributed by atoms with Crippen LogP contribution in [0, 0.1) is 13.8 Å². The first kappa shape index (κ1) is 21.0. The van der Waals surface area contributed by atoms with E-state index in [4.69, 9.17) is 4.74 Å². The SMILES string of the molecule is Cc1cccc(O[C@@H](C)C(=O)Nc2ccccc2C(=O)NCc2cccnc2)c1C. The van der Waals surface area contributed by atoms with Gasteiger partial charge in [-0.1, -0.05) is 30.3 Å². The number of hydrogen-bond donors (Lipinski definition) is 2. The molecular weight excluding hydrogens is 378 g/mol. The van der Waals surface area contributed by atoms with Gasteiger partial charge in [0.15, 0.2) is 6.10 Å². The number of amides is 2. The number of pyridine rings is 1. The van der Waals surface area contributed by atoms with Gasteiger partial charge in [-0.05, 0) is 61.7 Å². The van der Waals surface area contributed by atoms with Gasteiger partial charge in [-0.2, -0.15) is 0 Å². The van der Waals surface area contributed by atoms with Crippen LogP contribution < -0.4 is 15.4 Å². The van der Waals surface area contributed by atoms with Gasteiger partial charge in [-0.25, -0.2) is 0 Å². The molecule has 6 heteroatoms. The number of carbonyl (C=O) groups excluding carboxylic acids is 2. The van der Waals surface area contributed by atoms with Gasteiger partial charge < -0.3 is 15.4 Å². The number of anilines is 1. The summed E-state index contributed by atoms with van der Waals surface area (Å²) in [7, 11) is 0. The van der Waals surface area contributed by atoms with Crippen molar-refractivity contribution in [2.45, 2.75) is 33.4 Å². The van der Waals surface area contributed by atoms with E-state index < -0.39 is 6.10 Å².